The quantitative estimate of drug-likeness (QED) is 0.565. The number of nitrogens with one attached hydrogen (secondary N) is 1. The second-order valence-corrected chi connectivity index (χ2v) is 7.97. The maximum absolute atomic E-state index is 4.70. The Labute approximate surface area is 146 Å². The summed E-state index contributed by atoms with van der Waals surface area (Å²) in [4.78, 5) is 10.4. The molecule has 1 aromatic carbocycles. The summed E-state index contributed by atoms with van der Waals surface area (Å²) in [6, 6.07) is 8.05. The van der Waals surface area contributed by atoms with Crippen LogP contribution in [0.25, 0.3) is 11.0 Å². The molecule has 2 aromatic heterocycles. The Hall–Kier alpha value is -2.21. The topological polar surface area (TPSA) is 55.1 Å². The monoisotopic (exact) mass is 341 g/mol. The number of fused-ring (bicyclic) bond motifs is 1. The Morgan fingerprint density at radius 1 is 1.21 bits per heavy atom. The third-order valence-electron chi connectivity index (χ3n) is 3.88. The van der Waals surface area contributed by atoms with Gasteiger partial charge in [0.1, 0.15) is 0 Å². The molecule has 0 bridgehead atoms. The molecule has 0 unspecified atom stereocenters. The SMILES string of the molecule is C/C(=N\Nc1nc2ccccc2n1C)c1sc(C(C)(C)C)nc1C. The fourth-order valence-corrected chi connectivity index (χ4v) is 3.55. The predicted molar refractivity (Wildman–Crippen MR) is 102 cm³/mol. The van der Waals surface area contributed by atoms with E-state index >= 15 is 0 Å². The van der Waals surface area contributed by atoms with Crippen molar-refractivity contribution < 1.29 is 0 Å². The van der Waals surface area contributed by atoms with Crippen LogP contribution in [0.4, 0.5) is 5.95 Å². The number of benzene rings is 1. The van der Waals surface area contributed by atoms with Crippen molar-refractivity contribution in [3.8, 4) is 0 Å². The van der Waals surface area contributed by atoms with E-state index in [-0.39, 0.29) is 5.41 Å². The normalized spacial score (nSPS) is 12.8. The Bertz CT molecular complexity index is 911. The van der Waals surface area contributed by atoms with Gasteiger partial charge in [-0.05, 0) is 26.0 Å². The van der Waals surface area contributed by atoms with Gasteiger partial charge in [0.05, 0.1) is 32.3 Å². The van der Waals surface area contributed by atoms with Crippen LogP contribution in [0.3, 0.4) is 0 Å². The Balaban J connectivity index is 1.88. The van der Waals surface area contributed by atoms with Crippen LogP contribution in [0, 0.1) is 6.92 Å². The number of hydrogen-bond donors (Lipinski definition) is 1. The van der Waals surface area contributed by atoms with E-state index in [0.29, 0.717) is 0 Å². The first-order chi connectivity index (χ1) is 11.3. The summed E-state index contributed by atoms with van der Waals surface area (Å²) in [5, 5.41) is 5.66. The number of hydrazone groups is 1. The number of rotatable bonds is 3. The highest BCUT2D eigenvalue weighted by atomic mass is 32.1. The van der Waals surface area contributed by atoms with Crippen LogP contribution < -0.4 is 5.43 Å². The lowest BCUT2D eigenvalue weighted by Gasteiger charge is -2.13. The number of aryl methyl sites for hydroxylation is 2. The van der Waals surface area contributed by atoms with E-state index in [4.69, 9.17) is 4.98 Å². The number of thiazole rings is 1. The smallest absolute Gasteiger partial charge is 0.224 e. The van der Waals surface area contributed by atoms with Gasteiger partial charge in [0.25, 0.3) is 0 Å². The van der Waals surface area contributed by atoms with Crippen molar-refractivity contribution >= 4 is 34.0 Å². The van der Waals surface area contributed by atoms with Crippen LogP contribution in [0.5, 0.6) is 0 Å². The molecule has 0 fully saturated rings. The van der Waals surface area contributed by atoms with Crippen LogP contribution in [0.1, 0.15) is 43.3 Å². The first-order valence-corrected chi connectivity index (χ1v) is 8.79. The van der Waals surface area contributed by atoms with Gasteiger partial charge in [0.15, 0.2) is 0 Å². The number of anilines is 1. The fourth-order valence-electron chi connectivity index (χ4n) is 2.48. The highest BCUT2D eigenvalue weighted by Crippen LogP contribution is 2.29. The largest absolute Gasteiger partial charge is 0.312 e. The zero-order valence-electron chi connectivity index (χ0n) is 15.0. The van der Waals surface area contributed by atoms with E-state index in [0.717, 1.165) is 38.3 Å². The van der Waals surface area contributed by atoms with Crippen molar-refractivity contribution in [3.05, 3.63) is 39.8 Å². The molecule has 3 aromatic rings. The predicted octanol–water partition coefficient (Wildman–Crippen LogP) is 4.47. The van der Waals surface area contributed by atoms with Crippen LogP contribution >= 0.6 is 11.3 Å². The Morgan fingerprint density at radius 3 is 2.54 bits per heavy atom. The molecule has 0 radical (unpaired) electrons. The molecule has 5 nitrogen and oxygen atoms in total. The third kappa shape index (κ3) is 3.06. The van der Waals surface area contributed by atoms with E-state index in [9.17, 15) is 0 Å². The van der Waals surface area contributed by atoms with Crippen molar-refractivity contribution in [3.63, 3.8) is 0 Å². The standard InChI is InChI=1S/C18H23N5S/c1-11-15(24-16(19-11)18(3,4)5)12(2)21-22-17-20-13-9-7-8-10-14(13)23(17)6/h7-10H,1-6H3,(H,20,22)/b21-12+. The second-order valence-electron chi connectivity index (χ2n) is 6.98. The summed E-state index contributed by atoms with van der Waals surface area (Å²) in [6.45, 7) is 10.6. The summed E-state index contributed by atoms with van der Waals surface area (Å²) in [5.41, 5.74) is 7.14. The summed E-state index contributed by atoms with van der Waals surface area (Å²) in [7, 11) is 1.98. The minimum Gasteiger partial charge on any atom is -0.312 e. The van der Waals surface area contributed by atoms with Crippen LogP contribution in [-0.2, 0) is 12.5 Å². The molecule has 1 N–H and O–H groups in total. The van der Waals surface area contributed by atoms with Gasteiger partial charge in [-0.3, -0.25) is 0 Å². The van der Waals surface area contributed by atoms with E-state index in [1.807, 2.05) is 49.7 Å². The minimum atomic E-state index is 0.0543. The molecule has 0 spiro atoms. The van der Waals surface area contributed by atoms with Crippen molar-refractivity contribution in [2.75, 3.05) is 5.43 Å². The van der Waals surface area contributed by atoms with Gasteiger partial charge in [0.2, 0.25) is 5.95 Å². The fraction of sp³-hybridized carbons (Fsp3) is 0.389. The van der Waals surface area contributed by atoms with E-state index in [1.165, 1.54) is 0 Å². The maximum atomic E-state index is 4.70. The van der Waals surface area contributed by atoms with Gasteiger partial charge in [-0.15, -0.1) is 11.3 Å². The lowest BCUT2D eigenvalue weighted by Crippen LogP contribution is -2.10. The molecular weight excluding hydrogens is 318 g/mol. The summed E-state index contributed by atoms with van der Waals surface area (Å²) < 4.78 is 2.01. The number of nitrogens with zero attached hydrogens (tertiary/aromatic N) is 4. The Morgan fingerprint density at radius 2 is 1.92 bits per heavy atom. The zero-order chi connectivity index (χ0) is 17.5. The number of imidazole rings is 1. The number of aromatic nitrogens is 3. The average Bonchev–Trinajstić information content (AvgIpc) is 3.06. The first-order valence-electron chi connectivity index (χ1n) is 7.97. The lowest BCUT2D eigenvalue weighted by atomic mass is 9.98. The molecule has 24 heavy (non-hydrogen) atoms. The molecule has 3 rings (SSSR count). The van der Waals surface area contributed by atoms with Gasteiger partial charge in [0, 0.05) is 12.5 Å². The molecule has 0 aliphatic heterocycles. The van der Waals surface area contributed by atoms with E-state index in [1.54, 1.807) is 11.3 Å². The van der Waals surface area contributed by atoms with Crippen molar-refractivity contribution in [1.82, 2.24) is 14.5 Å². The van der Waals surface area contributed by atoms with Crippen LogP contribution in [0.15, 0.2) is 29.4 Å². The van der Waals surface area contributed by atoms with E-state index < -0.39 is 0 Å². The molecule has 0 aliphatic rings. The van der Waals surface area contributed by atoms with Gasteiger partial charge in [-0.1, -0.05) is 32.9 Å². The molecular formula is C18H23N5S. The maximum Gasteiger partial charge on any atom is 0.224 e. The minimum absolute atomic E-state index is 0.0543. The highest BCUT2D eigenvalue weighted by Gasteiger charge is 2.21. The number of hydrogen-bond acceptors (Lipinski definition) is 5. The van der Waals surface area contributed by atoms with Gasteiger partial charge < -0.3 is 4.57 Å². The van der Waals surface area contributed by atoms with Gasteiger partial charge in [-0.2, -0.15) is 5.10 Å². The van der Waals surface area contributed by atoms with Crippen molar-refractivity contribution in [2.24, 2.45) is 12.1 Å². The average molecular weight is 341 g/mol. The summed E-state index contributed by atoms with van der Waals surface area (Å²) >= 11 is 1.71. The molecule has 126 valence electrons. The number of para-hydroxylation sites is 2. The highest BCUT2D eigenvalue weighted by molar-refractivity contribution is 7.14. The van der Waals surface area contributed by atoms with Crippen molar-refractivity contribution in [1.29, 1.82) is 0 Å². The van der Waals surface area contributed by atoms with E-state index in [2.05, 4.69) is 36.3 Å². The van der Waals surface area contributed by atoms with Gasteiger partial charge >= 0.3 is 0 Å². The zero-order valence-corrected chi connectivity index (χ0v) is 15.8. The van der Waals surface area contributed by atoms with Gasteiger partial charge in [-0.25, -0.2) is 15.4 Å². The molecule has 0 aliphatic carbocycles. The molecule has 0 saturated carbocycles. The van der Waals surface area contributed by atoms with Crippen LogP contribution in [0.2, 0.25) is 0 Å². The lowest BCUT2D eigenvalue weighted by molar-refractivity contribution is 0.584. The molecule has 2 heterocycles. The molecule has 0 atom stereocenters. The second kappa shape index (κ2) is 6.02. The first kappa shape index (κ1) is 16.6. The molecule has 6 heteroatoms. The van der Waals surface area contributed by atoms with Crippen LogP contribution in [-0.4, -0.2) is 20.2 Å². The summed E-state index contributed by atoms with van der Waals surface area (Å²) in [6.07, 6.45) is 0. The Kier molecular flexibility index (Phi) is 4.17. The molecule has 0 amide bonds. The third-order valence-corrected chi connectivity index (χ3v) is 5.57. The summed E-state index contributed by atoms with van der Waals surface area (Å²) in [5.74, 6) is 0.730. The van der Waals surface area contributed by atoms with Crippen molar-refractivity contribution in [2.45, 2.75) is 40.0 Å². The molecule has 0 saturated heterocycles.